The van der Waals surface area contributed by atoms with E-state index in [9.17, 15) is 46.7 Å². The molecule has 0 aromatic heterocycles. The van der Waals surface area contributed by atoms with Crippen molar-refractivity contribution in [1.29, 1.82) is 0 Å². The molecule has 2 aromatic rings. The summed E-state index contributed by atoms with van der Waals surface area (Å²) in [6.07, 6.45) is 2.04. The molecule has 6 rings (SSSR count). The van der Waals surface area contributed by atoms with Crippen molar-refractivity contribution < 1.29 is 51.5 Å². The smallest absolute Gasteiger partial charge is 0.328 e. The number of piperidine rings is 1. The summed E-state index contributed by atoms with van der Waals surface area (Å²) in [4.78, 5) is 101. The van der Waals surface area contributed by atoms with Crippen molar-refractivity contribution in [2.24, 2.45) is 5.92 Å². The first kappa shape index (κ1) is 41.0. The van der Waals surface area contributed by atoms with Crippen LogP contribution in [0.1, 0.15) is 57.9 Å². The molecule has 15 nitrogen and oxygen atoms in total. The van der Waals surface area contributed by atoms with Gasteiger partial charge in [-0.3, -0.25) is 24.0 Å². The van der Waals surface area contributed by atoms with Gasteiger partial charge < -0.3 is 40.7 Å². The summed E-state index contributed by atoms with van der Waals surface area (Å²) in [5, 5.41) is 10.2. The van der Waals surface area contributed by atoms with Gasteiger partial charge in [-0.1, -0.05) is 6.92 Å². The van der Waals surface area contributed by atoms with Crippen molar-refractivity contribution in [3.8, 4) is 0 Å². The average molecular weight is 798 g/mol. The Morgan fingerprint density at radius 3 is 2.19 bits per heavy atom. The molecule has 0 radical (unpaired) electrons. The minimum atomic E-state index is -1.63. The fourth-order valence-corrected chi connectivity index (χ4v) is 8.02. The Morgan fingerprint density at radius 2 is 1.47 bits per heavy atom. The number of ether oxygens (including phenoxy) is 1. The molecule has 7 atom stereocenters. The summed E-state index contributed by atoms with van der Waals surface area (Å²) in [6, 6.07) is -0.886. The third-order valence-corrected chi connectivity index (χ3v) is 10.8. The lowest BCUT2D eigenvalue weighted by Crippen LogP contribution is -2.62. The molecule has 4 aliphatic heterocycles. The van der Waals surface area contributed by atoms with Gasteiger partial charge in [0.05, 0.1) is 0 Å². The fourth-order valence-electron chi connectivity index (χ4n) is 8.02. The van der Waals surface area contributed by atoms with Gasteiger partial charge in [0, 0.05) is 37.8 Å². The molecule has 7 amide bonds. The number of anilines is 1. The van der Waals surface area contributed by atoms with E-state index in [1.165, 1.54) is 33.8 Å². The van der Waals surface area contributed by atoms with E-state index in [1.807, 2.05) is 6.92 Å². The predicted octanol–water partition coefficient (Wildman–Crippen LogP) is 1.99. The number of fused-ring (bicyclic) bond motifs is 3. The largest absolute Gasteiger partial charge is 0.461 e. The number of benzene rings is 2. The Morgan fingerprint density at radius 1 is 0.807 bits per heavy atom. The molecular weight excluding hydrogens is 751 g/mol. The Hall–Kier alpha value is -5.68. The van der Waals surface area contributed by atoms with Gasteiger partial charge in [-0.25, -0.2) is 22.8 Å². The van der Waals surface area contributed by atoms with Crippen LogP contribution >= 0.6 is 0 Å². The molecule has 4 saturated heterocycles. The highest BCUT2D eigenvalue weighted by atomic mass is 19.1. The molecule has 0 spiro atoms. The van der Waals surface area contributed by atoms with E-state index in [0.29, 0.717) is 31.7 Å². The number of esters is 1. The highest BCUT2D eigenvalue weighted by Gasteiger charge is 2.46. The molecule has 0 aliphatic carbocycles. The number of nitrogens with one attached hydrogen (secondary N) is 4. The zero-order chi connectivity index (χ0) is 41.0. The maximum absolute atomic E-state index is 14.4. The number of hydrogen-bond acceptors (Lipinski definition) is 8. The van der Waals surface area contributed by atoms with Gasteiger partial charge in [0.15, 0.2) is 0 Å². The molecule has 0 bridgehead atoms. The number of carbonyl (C=O) groups excluding carboxylic acids is 7. The fraction of sp³-hybridized carbons (Fsp3) is 0.513. The molecule has 4 fully saturated rings. The molecule has 57 heavy (non-hydrogen) atoms. The normalized spacial score (nSPS) is 26.5. The number of amides is 7. The summed E-state index contributed by atoms with van der Waals surface area (Å²) in [5.41, 5.74) is 0.135. The molecule has 18 heteroatoms. The number of rotatable bonds is 6. The van der Waals surface area contributed by atoms with E-state index in [-0.39, 0.29) is 49.6 Å². The number of carbonyl (C=O) groups is 7. The monoisotopic (exact) mass is 797 g/mol. The van der Waals surface area contributed by atoms with Crippen LogP contribution in [0.25, 0.3) is 0 Å². The number of hydrogen-bond donors (Lipinski definition) is 4. The zero-order valence-electron chi connectivity index (χ0n) is 31.6. The van der Waals surface area contributed by atoms with Crippen LogP contribution in [0.3, 0.4) is 0 Å². The summed E-state index contributed by atoms with van der Waals surface area (Å²) in [5.74, 6) is -6.76. The molecule has 0 unspecified atom stereocenters. The summed E-state index contributed by atoms with van der Waals surface area (Å²) in [7, 11) is 0. The van der Waals surface area contributed by atoms with Crippen LogP contribution in [-0.4, -0.2) is 119 Å². The van der Waals surface area contributed by atoms with E-state index < -0.39 is 108 Å². The summed E-state index contributed by atoms with van der Waals surface area (Å²) >= 11 is 0. The van der Waals surface area contributed by atoms with Gasteiger partial charge in [-0.05, 0) is 93.3 Å². The predicted molar refractivity (Wildman–Crippen MR) is 196 cm³/mol. The molecular formula is C39H46F3N7O8. The average Bonchev–Trinajstić information content (AvgIpc) is 3.82. The first-order valence-corrected chi connectivity index (χ1v) is 19.2. The first-order valence-electron chi connectivity index (χ1n) is 19.2. The maximum Gasteiger partial charge on any atom is 0.328 e. The number of cyclic esters (lactones) is 1. The van der Waals surface area contributed by atoms with Crippen molar-refractivity contribution in [3.05, 3.63) is 65.5 Å². The van der Waals surface area contributed by atoms with Crippen LogP contribution < -0.4 is 21.3 Å². The van der Waals surface area contributed by atoms with E-state index >= 15 is 0 Å². The van der Waals surface area contributed by atoms with E-state index in [1.54, 1.807) is 0 Å². The topological polar surface area (TPSA) is 187 Å². The quantitative estimate of drug-likeness (QED) is 0.320. The molecule has 4 aliphatic rings. The lowest BCUT2D eigenvalue weighted by Gasteiger charge is -2.39. The van der Waals surface area contributed by atoms with Gasteiger partial charge in [-0.15, -0.1) is 0 Å². The summed E-state index contributed by atoms with van der Waals surface area (Å²) < 4.78 is 47.6. The lowest BCUT2D eigenvalue weighted by molar-refractivity contribution is -0.158. The highest BCUT2D eigenvalue weighted by Crippen LogP contribution is 2.28. The minimum absolute atomic E-state index is 0.0230. The van der Waals surface area contributed by atoms with Crippen LogP contribution in [0.4, 0.5) is 23.7 Å². The second kappa shape index (κ2) is 17.6. The van der Waals surface area contributed by atoms with Gasteiger partial charge in [0.25, 0.3) is 0 Å². The van der Waals surface area contributed by atoms with E-state index in [4.69, 9.17) is 4.74 Å². The third-order valence-electron chi connectivity index (χ3n) is 10.8. The highest BCUT2D eigenvalue weighted by molar-refractivity contribution is 5.98. The van der Waals surface area contributed by atoms with Crippen molar-refractivity contribution in [2.75, 3.05) is 31.6 Å². The Labute approximate surface area is 327 Å². The lowest BCUT2D eigenvalue weighted by atomic mass is 9.99. The van der Waals surface area contributed by atoms with Gasteiger partial charge in [0.2, 0.25) is 29.5 Å². The van der Waals surface area contributed by atoms with E-state index in [0.717, 1.165) is 24.3 Å². The van der Waals surface area contributed by atoms with Gasteiger partial charge >= 0.3 is 12.0 Å². The maximum atomic E-state index is 14.4. The molecule has 2 aromatic carbocycles. The van der Waals surface area contributed by atoms with Crippen molar-refractivity contribution in [1.82, 2.24) is 30.7 Å². The second-order valence-corrected chi connectivity index (χ2v) is 15.1. The van der Waals surface area contributed by atoms with Crippen molar-refractivity contribution >= 4 is 47.2 Å². The summed E-state index contributed by atoms with van der Waals surface area (Å²) in [6.45, 7) is 3.16. The van der Waals surface area contributed by atoms with Crippen LogP contribution in [0.2, 0.25) is 0 Å². The minimum Gasteiger partial charge on any atom is -0.461 e. The first-order chi connectivity index (χ1) is 27.2. The number of urea groups is 1. The van der Waals surface area contributed by atoms with Crippen LogP contribution in [0.5, 0.6) is 0 Å². The van der Waals surface area contributed by atoms with Crippen LogP contribution in [0, 0.1) is 23.4 Å². The SMILES string of the molecule is C[C@@H]1C[C@H]2C(=O)OC[C@H](NC(=O)[C@H](Cc3cc(F)cc(F)c3)NC(=O)Nc3ccc(F)cc3)C(=O)N3CCC[C@H]3C(=O)N3CCCC[C@H]3C(=O)N[C@@H](C)C(=O)N2C1. The molecule has 4 N–H and O–H groups in total. The van der Waals surface area contributed by atoms with Crippen LogP contribution in [-0.2, 0) is 39.9 Å². The zero-order valence-corrected chi connectivity index (χ0v) is 31.6. The van der Waals surface area contributed by atoms with E-state index in [2.05, 4.69) is 21.3 Å². The molecule has 306 valence electrons. The third kappa shape index (κ3) is 9.65. The van der Waals surface area contributed by atoms with Crippen molar-refractivity contribution in [2.45, 2.75) is 95.0 Å². The van der Waals surface area contributed by atoms with Gasteiger partial charge in [0.1, 0.15) is 60.3 Å². The standard InChI is InChI=1S/C39H46F3N7O8/c1-21-14-32-38(55)57-20-29(45-33(50)28(17-23-15-25(41)18-26(42)16-23)46-39(56)44-27-10-8-24(40)9-11-27)36(53)48-13-5-7-31(48)37(54)47-12-4-3-6-30(47)34(51)43-22(2)35(52)49(32)19-21/h8-11,15-16,18,21-22,28-32H,3-7,12-14,17,19-20H2,1-2H3,(H,43,51)(H,45,50)(H2,44,46,56)/t21-,22+,28+,29+,30+,31+,32+/m1/s1. The second-order valence-electron chi connectivity index (χ2n) is 15.1. The Kier molecular flexibility index (Phi) is 12.7. The molecule has 0 saturated carbocycles. The number of halogens is 3. The van der Waals surface area contributed by atoms with Crippen molar-refractivity contribution in [3.63, 3.8) is 0 Å². The van der Waals surface area contributed by atoms with Gasteiger partial charge in [-0.2, -0.15) is 0 Å². The Balaban J connectivity index is 1.31. The number of nitrogens with zero attached hydrogens (tertiary/aromatic N) is 3. The molecule has 4 heterocycles. The van der Waals surface area contributed by atoms with Crippen LogP contribution in [0.15, 0.2) is 42.5 Å². The Bertz CT molecular complexity index is 1880.